The van der Waals surface area contributed by atoms with Crippen LogP contribution >= 0.6 is 31.9 Å². The Morgan fingerprint density at radius 3 is 1.58 bits per heavy atom. The first-order valence-electron chi connectivity index (χ1n) is 4.95. The quantitative estimate of drug-likeness (QED) is 0.595. The Bertz CT molecular complexity index is 190. The number of alkyl halides is 2. The highest BCUT2D eigenvalue weighted by Crippen LogP contribution is 2.63. The second kappa shape index (κ2) is 2.31. The number of halogens is 2. The van der Waals surface area contributed by atoms with E-state index in [1.165, 1.54) is 38.5 Å². The van der Waals surface area contributed by atoms with Crippen molar-refractivity contribution in [3.63, 3.8) is 0 Å². The van der Waals surface area contributed by atoms with Gasteiger partial charge in [-0.15, -0.1) is 0 Å². The highest BCUT2D eigenvalue weighted by Gasteiger charge is 2.55. The van der Waals surface area contributed by atoms with Gasteiger partial charge < -0.3 is 0 Å². The molecule has 0 aliphatic heterocycles. The summed E-state index contributed by atoms with van der Waals surface area (Å²) in [5.41, 5.74) is 0. The van der Waals surface area contributed by atoms with E-state index in [0.29, 0.717) is 8.65 Å². The summed E-state index contributed by atoms with van der Waals surface area (Å²) in [4.78, 5) is 0. The zero-order valence-corrected chi connectivity index (χ0v) is 10.3. The van der Waals surface area contributed by atoms with Gasteiger partial charge in [0.2, 0.25) is 0 Å². The summed E-state index contributed by atoms with van der Waals surface area (Å²) in [7, 11) is 0. The van der Waals surface area contributed by atoms with Crippen LogP contribution in [0.1, 0.15) is 38.5 Å². The van der Waals surface area contributed by atoms with E-state index in [2.05, 4.69) is 31.9 Å². The van der Waals surface area contributed by atoms with Gasteiger partial charge in [-0.05, 0) is 50.4 Å². The Morgan fingerprint density at radius 2 is 1.25 bits per heavy atom. The van der Waals surface area contributed by atoms with E-state index in [1.54, 1.807) is 0 Å². The van der Waals surface area contributed by atoms with E-state index < -0.39 is 0 Å². The van der Waals surface area contributed by atoms with E-state index in [0.717, 1.165) is 11.8 Å². The molecular formula is C10H14Br2. The van der Waals surface area contributed by atoms with Gasteiger partial charge in [0.1, 0.15) is 0 Å². The van der Waals surface area contributed by atoms with E-state index in [9.17, 15) is 0 Å². The van der Waals surface area contributed by atoms with Crippen molar-refractivity contribution in [1.29, 1.82) is 0 Å². The average molecular weight is 294 g/mol. The summed E-state index contributed by atoms with van der Waals surface area (Å²) >= 11 is 7.92. The van der Waals surface area contributed by atoms with Crippen LogP contribution in [0.15, 0.2) is 0 Å². The fourth-order valence-corrected chi connectivity index (χ4v) is 7.32. The van der Waals surface area contributed by atoms with Crippen LogP contribution in [-0.4, -0.2) is 8.65 Å². The van der Waals surface area contributed by atoms with Gasteiger partial charge in [-0.25, -0.2) is 0 Å². The Morgan fingerprint density at radius 1 is 0.833 bits per heavy atom. The summed E-state index contributed by atoms with van der Waals surface area (Å²) < 4.78 is 1.06. The lowest BCUT2D eigenvalue weighted by Crippen LogP contribution is -2.53. The van der Waals surface area contributed by atoms with Crippen LogP contribution < -0.4 is 0 Å². The van der Waals surface area contributed by atoms with Gasteiger partial charge in [0.05, 0.1) is 0 Å². The third-order valence-electron chi connectivity index (χ3n) is 3.92. The molecule has 0 spiro atoms. The van der Waals surface area contributed by atoms with Crippen molar-refractivity contribution in [1.82, 2.24) is 0 Å². The van der Waals surface area contributed by atoms with E-state index in [1.807, 2.05) is 0 Å². The minimum absolute atomic E-state index is 0.528. The van der Waals surface area contributed by atoms with Crippen LogP contribution in [0.4, 0.5) is 0 Å². The van der Waals surface area contributed by atoms with Gasteiger partial charge in [-0.1, -0.05) is 31.9 Å². The molecule has 4 saturated carbocycles. The Labute approximate surface area is 90.7 Å². The monoisotopic (exact) mass is 292 g/mol. The van der Waals surface area contributed by atoms with Crippen LogP contribution in [0.3, 0.4) is 0 Å². The van der Waals surface area contributed by atoms with Gasteiger partial charge in [0.15, 0.2) is 0 Å². The largest absolute Gasteiger partial charge is 0.0853 e. The summed E-state index contributed by atoms with van der Waals surface area (Å²) in [6.07, 6.45) is 8.65. The average Bonchev–Trinajstić information content (AvgIpc) is 1.75. The number of hydrogen-bond donors (Lipinski definition) is 0. The molecule has 0 amide bonds. The topological polar surface area (TPSA) is 0 Å². The molecule has 0 aromatic rings. The summed E-state index contributed by atoms with van der Waals surface area (Å²) in [5, 5.41) is 0. The Kier molecular flexibility index (Phi) is 1.59. The zero-order valence-electron chi connectivity index (χ0n) is 7.15. The molecule has 4 aliphatic carbocycles. The predicted octanol–water partition coefficient (Wildman–Crippen LogP) is 3.87. The fraction of sp³-hybridized carbons (Fsp3) is 1.00. The van der Waals surface area contributed by atoms with Crippen LogP contribution in [0.2, 0.25) is 0 Å². The molecule has 0 atom stereocenters. The highest BCUT2D eigenvalue weighted by atomic mass is 79.9. The van der Waals surface area contributed by atoms with Crippen molar-refractivity contribution in [3.8, 4) is 0 Å². The lowest BCUT2D eigenvalue weighted by molar-refractivity contribution is 0.0638. The summed E-state index contributed by atoms with van der Waals surface area (Å²) in [6, 6.07) is 0. The third-order valence-corrected chi connectivity index (χ3v) is 5.77. The molecule has 4 aliphatic rings. The number of hydrogen-bond acceptors (Lipinski definition) is 0. The maximum absolute atomic E-state index is 3.96. The molecule has 2 heteroatoms. The second-order valence-corrected chi connectivity index (χ2v) is 8.63. The van der Waals surface area contributed by atoms with Crippen LogP contribution in [0, 0.1) is 11.8 Å². The van der Waals surface area contributed by atoms with Gasteiger partial charge in [0, 0.05) is 8.65 Å². The highest BCUT2D eigenvalue weighted by molar-refractivity contribution is 9.10. The van der Waals surface area contributed by atoms with Gasteiger partial charge in [-0.2, -0.15) is 0 Å². The van der Waals surface area contributed by atoms with E-state index >= 15 is 0 Å². The van der Waals surface area contributed by atoms with Gasteiger partial charge in [-0.3, -0.25) is 0 Å². The fourth-order valence-electron chi connectivity index (χ4n) is 4.04. The molecule has 0 unspecified atom stereocenters. The van der Waals surface area contributed by atoms with Gasteiger partial charge in [0.25, 0.3) is 0 Å². The lowest BCUT2D eigenvalue weighted by atomic mass is 9.56. The minimum Gasteiger partial charge on any atom is -0.0853 e. The summed E-state index contributed by atoms with van der Waals surface area (Å²) in [5.74, 6) is 2.04. The normalized spacial score (nSPS) is 62.5. The first-order valence-corrected chi connectivity index (χ1v) is 6.53. The van der Waals surface area contributed by atoms with Crippen molar-refractivity contribution in [2.75, 3.05) is 0 Å². The van der Waals surface area contributed by atoms with Crippen molar-refractivity contribution < 1.29 is 0 Å². The van der Waals surface area contributed by atoms with Crippen LogP contribution in [0.5, 0.6) is 0 Å². The first-order chi connectivity index (χ1) is 5.57. The molecule has 0 heterocycles. The molecule has 4 fully saturated rings. The van der Waals surface area contributed by atoms with Crippen molar-refractivity contribution in [3.05, 3.63) is 0 Å². The zero-order chi connectivity index (χ0) is 8.40. The molecule has 4 rings (SSSR count). The smallest absolute Gasteiger partial charge is 0.0276 e. The molecule has 68 valence electrons. The molecule has 12 heavy (non-hydrogen) atoms. The summed E-state index contributed by atoms with van der Waals surface area (Å²) in [6.45, 7) is 0. The second-order valence-electron chi connectivity index (χ2n) is 5.26. The molecule has 0 aromatic carbocycles. The molecular weight excluding hydrogens is 280 g/mol. The van der Waals surface area contributed by atoms with Crippen LogP contribution in [-0.2, 0) is 0 Å². The maximum atomic E-state index is 3.96. The standard InChI is InChI=1S/C10H14Br2/c11-9-2-7-1-8(4-9)5-10(12,3-7)6-9/h7-8H,1-6H2. The minimum atomic E-state index is 0.528. The maximum Gasteiger partial charge on any atom is 0.0276 e. The van der Waals surface area contributed by atoms with Crippen molar-refractivity contribution in [2.24, 2.45) is 11.8 Å². The van der Waals surface area contributed by atoms with E-state index in [4.69, 9.17) is 0 Å². The first kappa shape index (κ1) is 8.28. The van der Waals surface area contributed by atoms with Crippen LogP contribution in [0.25, 0.3) is 0 Å². The molecule has 0 saturated heterocycles. The number of rotatable bonds is 0. The van der Waals surface area contributed by atoms with Crippen molar-refractivity contribution >= 4 is 31.9 Å². The molecule has 4 bridgehead atoms. The molecule has 0 aromatic heterocycles. The molecule has 0 nitrogen and oxygen atoms in total. The van der Waals surface area contributed by atoms with Gasteiger partial charge >= 0.3 is 0 Å². The lowest BCUT2D eigenvalue weighted by Gasteiger charge is -2.58. The third kappa shape index (κ3) is 1.13. The SMILES string of the molecule is BrC12CC3CC(C1)CC(Br)(C3)C2. The van der Waals surface area contributed by atoms with E-state index in [-0.39, 0.29) is 0 Å². The van der Waals surface area contributed by atoms with Crippen molar-refractivity contribution in [2.45, 2.75) is 47.2 Å². The molecule has 0 radical (unpaired) electrons. The molecule has 0 N–H and O–H groups in total. The Hall–Kier alpha value is 0.960. The Balaban J connectivity index is 1.98. The predicted molar refractivity (Wildman–Crippen MR) is 58.0 cm³/mol.